The summed E-state index contributed by atoms with van der Waals surface area (Å²) in [5.74, 6) is 0. The molecule has 3 nitrogen and oxygen atoms in total. The smallest absolute Gasteiger partial charge is 0.0699 e. The number of nitrogens with one attached hydrogen (secondary N) is 1. The first-order valence-electron chi connectivity index (χ1n) is 7.26. The van der Waals surface area contributed by atoms with Gasteiger partial charge < -0.3 is 15.8 Å². The highest BCUT2D eigenvalue weighted by molar-refractivity contribution is 5.41. The molecule has 19 heavy (non-hydrogen) atoms. The van der Waals surface area contributed by atoms with Crippen LogP contribution in [0, 0.1) is 0 Å². The molecule has 1 heterocycles. The molecule has 0 aliphatic carbocycles. The van der Waals surface area contributed by atoms with Crippen LogP contribution in [0.4, 0.5) is 5.69 Å². The van der Waals surface area contributed by atoms with Gasteiger partial charge in [-0.3, -0.25) is 0 Å². The zero-order chi connectivity index (χ0) is 13.7. The van der Waals surface area contributed by atoms with Gasteiger partial charge in [-0.15, -0.1) is 0 Å². The third kappa shape index (κ3) is 4.22. The van der Waals surface area contributed by atoms with Crippen LogP contribution in [-0.4, -0.2) is 25.8 Å². The van der Waals surface area contributed by atoms with E-state index in [1.165, 1.54) is 24.8 Å². The van der Waals surface area contributed by atoms with Gasteiger partial charge >= 0.3 is 0 Å². The summed E-state index contributed by atoms with van der Waals surface area (Å²) in [6.07, 6.45) is 4.10. The summed E-state index contributed by atoms with van der Waals surface area (Å²) in [5, 5.41) is 3.55. The van der Waals surface area contributed by atoms with Crippen molar-refractivity contribution in [2.45, 2.75) is 44.6 Å². The SMILES string of the molecule is CC(C)(CNCC1CCCCO1)c1ccc(N)cc1. The minimum atomic E-state index is 0.113. The number of hydrogen-bond acceptors (Lipinski definition) is 3. The Hall–Kier alpha value is -1.06. The molecule has 2 rings (SSSR count). The normalized spacial score (nSPS) is 20.4. The van der Waals surface area contributed by atoms with E-state index in [0.29, 0.717) is 6.10 Å². The Bertz CT molecular complexity index is 380. The maximum atomic E-state index is 5.74. The predicted molar refractivity (Wildman–Crippen MR) is 80.3 cm³/mol. The largest absolute Gasteiger partial charge is 0.399 e. The van der Waals surface area contributed by atoms with E-state index in [4.69, 9.17) is 10.5 Å². The molecular weight excluding hydrogens is 236 g/mol. The van der Waals surface area contributed by atoms with Crippen LogP contribution in [0.2, 0.25) is 0 Å². The minimum Gasteiger partial charge on any atom is -0.399 e. The van der Waals surface area contributed by atoms with E-state index in [0.717, 1.165) is 25.4 Å². The van der Waals surface area contributed by atoms with Gasteiger partial charge in [0.15, 0.2) is 0 Å². The lowest BCUT2D eigenvalue weighted by Gasteiger charge is -2.28. The Balaban J connectivity index is 1.81. The lowest BCUT2D eigenvalue weighted by molar-refractivity contribution is 0.0164. The monoisotopic (exact) mass is 262 g/mol. The first-order chi connectivity index (χ1) is 9.08. The van der Waals surface area contributed by atoms with Crippen LogP contribution < -0.4 is 11.1 Å². The Kier molecular flexibility index (Phi) is 4.83. The molecule has 1 saturated heterocycles. The second-order valence-electron chi connectivity index (χ2n) is 6.13. The molecule has 0 saturated carbocycles. The molecule has 1 aromatic rings. The number of ether oxygens (including phenoxy) is 1. The van der Waals surface area contributed by atoms with Gasteiger partial charge in [0, 0.05) is 30.8 Å². The lowest BCUT2D eigenvalue weighted by atomic mass is 9.84. The first kappa shape index (κ1) is 14.4. The van der Waals surface area contributed by atoms with Crippen LogP contribution in [0.1, 0.15) is 38.7 Å². The van der Waals surface area contributed by atoms with Crippen molar-refractivity contribution < 1.29 is 4.74 Å². The van der Waals surface area contributed by atoms with Gasteiger partial charge in [0.05, 0.1) is 6.10 Å². The number of nitrogen functional groups attached to an aromatic ring is 1. The van der Waals surface area contributed by atoms with Crippen molar-refractivity contribution >= 4 is 5.69 Å². The zero-order valence-electron chi connectivity index (χ0n) is 12.1. The number of anilines is 1. The second-order valence-corrected chi connectivity index (χ2v) is 6.13. The van der Waals surface area contributed by atoms with E-state index in [1.54, 1.807) is 0 Å². The number of hydrogen-bond donors (Lipinski definition) is 2. The highest BCUT2D eigenvalue weighted by Gasteiger charge is 2.21. The summed E-state index contributed by atoms with van der Waals surface area (Å²) in [7, 11) is 0. The maximum absolute atomic E-state index is 5.74. The van der Waals surface area contributed by atoms with Gasteiger partial charge in [-0.25, -0.2) is 0 Å². The molecule has 1 aliphatic heterocycles. The molecule has 1 atom stereocenters. The summed E-state index contributed by atoms with van der Waals surface area (Å²) in [6, 6.07) is 8.19. The van der Waals surface area contributed by atoms with Gasteiger partial charge in [-0.2, -0.15) is 0 Å². The first-order valence-corrected chi connectivity index (χ1v) is 7.26. The van der Waals surface area contributed by atoms with Crippen LogP contribution in [0.15, 0.2) is 24.3 Å². The Morgan fingerprint density at radius 2 is 2.00 bits per heavy atom. The van der Waals surface area contributed by atoms with Crippen LogP contribution in [0.5, 0.6) is 0 Å². The second kappa shape index (κ2) is 6.40. The van der Waals surface area contributed by atoms with Crippen LogP contribution >= 0.6 is 0 Å². The van der Waals surface area contributed by atoms with Crippen molar-refractivity contribution in [2.24, 2.45) is 0 Å². The molecule has 1 fully saturated rings. The van der Waals surface area contributed by atoms with Crippen molar-refractivity contribution in [1.29, 1.82) is 0 Å². The summed E-state index contributed by atoms with van der Waals surface area (Å²) in [4.78, 5) is 0. The van der Waals surface area contributed by atoms with Crippen molar-refractivity contribution in [3.63, 3.8) is 0 Å². The highest BCUT2D eigenvalue weighted by Crippen LogP contribution is 2.23. The average molecular weight is 262 g/mol. The van der Waals surface area contributed by atoms with Crippen LogP contribution in [-0.2, 0) is 10.2 Å². The summed E-state index contributed by atoms with van der Waals surface area (Å²) >= 11 is 0. The molecule has 106 valence electrons. The van der Waals surface area contributed by atoms with Crippen molar-refractivity contribution in [2.75, 3.05) is 25.4 Å². The third-order valence-electron chi connectivity index (χ3n) is 3.91. The summed E-state index contributed by atoms with van der Waals surface area (Å²) in [6.45, 7) is 7.35. The summed E-state index contributed by atoms with van der Waals surface area (Å²) in [5.41, 5.74) is 7.99. The fourth-order valence-corrected chi connectivity index (χ4v) is 2.55. The predicted octanol–water partition coefficient (Wildman–Crippen LogP) is 2.71. The van der Waals surface area contributed by atoms with Crippen molar-refractivity contribution in [3.8, 4) is 0 Å². The maximum Gasteiger partial charge on any atom is 0.0699 e. The Labute approximate surface area is 116 Å². The van der Waals surface area contributed by atoms with Gasteiger partial charge in [0.2, 0.25) is 0 Å². The molecule has 0 aromatic heterocycles. The van der Waals surface area contributed by atoms with Crippen LogP contribution in [0.3, 0.4) is 0 Å². The highest BCUT2D eigenvalue weighted by atomic mass is 16.5. The molecule has 1 unspecified atom stereocenters. The Morgan fingerprint density at radius 3 is 2.63 bits per heavy atom. The fourth-order valence-electron chi connectivity index (χ4n) is 2.55. The number of rotatable bonds is 5. The third-order valence-corrected chi connectivity index (χ3v) is 3.91. The fraction of sp³-hybridized carbons (Fsp3) is 0.625. The van der Waals surface area contributed by atoms with E-state index in [9.17, 15) is 0 Å². The number of nitrogens with two attached hydrogens (primary N) is 1. The van der Waals surface area contributed by atoms with Crippen molar-refractivity contribution in [3.05, 3.63) is 29.8 Å². The van der Waals surface area contributed by atoms with Gasteiger partial charge in [-0.1, -0.05) is 26.0 Å². The Morgan fingerprint density at radius 1 is 1.26 bits per heavy atom. The van der Waals surface area contributed by atoms with E-state index in [2.05, 4.69) is 31.3 Å². The molecule has 0 spiro atoms. The molecule has 3 heteroatoms. The molecule has 3 N–H and O–H groups in total. The molecule has 1 aliphatic rings. The molecule has 1 aromatic carbocycles. The van der Waals surface area contributed by atoms with E-state index in [1.807, 2.05) is 12.1 Å². The molecule has 0 bridgehead atoms. The van der Waals surface area contributed by atoms with Gasteiger partial charge in [-0.05, 0) is 37.0 Å². The van der Waals surface area contributed by atoms with Gasteiger partial charge in [0.1, 0.15) is 0 Å². The van der Waals surface area contributed by atoms with E-state index in [-0.39, 0.29) is 5.41 Å². The zero-order valence-corrected chi connectivity index (χ0v) is 12.1. The lowest BCUT2D eigenvalue weighted by Crippen LogP contribution is -2.38. The molecule has 0 radical (unpaired) electrons. The minimum absolute atomic E-state index is 0.113. The van der Waals surface area contributed by atoms with Crippen molar-refractivity contribution in [1.82, 2.24) is 5.32 Å². The topological polar surface area (TPSA) is 47.3 Å². The van der Waals surface area contributed by atoms with Crippen LogP contribution in [0.25, 0.3) is 0 Å². The molecule has 0 amide bonds. The average Bonchev–Trinajstić information content (AvgIpc) is 2.40. The molecular formula is C16H26N2O. The number of benzene rings is 1. The standard InChI is InChI=1S/C16H26N2O/c1-16(2,13-6-8-14(17)9-7-13)12-18-11-15-5-3-4-10-19-15/h6-9,15,18H,3-5,10-12,17H2,1-2H3. The van der Waals surface area contributed by atoms with Gasteiger partial charge in [0.25, 0.3) is 0 Å². The summed E-state index contributed by atoms with van der Waals surface area (Å²) < 4.78 is 5.74. The van der Waals surface area contributed by atoms with E-state index >= 15 is 0 Å². The van der Waals surface area contributed by atoms with E-state index < -0.39 is 0 Å². The quantitative estimate of drug-likeness (QED) is 0.802.